The Hall–Kier alpha value is -1.95. The standard InChI is InChI=1S/C25H39FN7O.HI/c1-32(20-13-15-33(2,3)16-14-20)25-30-23(27-18-9-7-5-6-8-10-18)29-24(31-25)28-19-11-12-22(34-4)21(26)17-19;/h11-12,17-18,20H,5-10,13-16H2,1-4H3,(H2,27,28,29,30,31);1H/q+1;/p-1. The first kappa shape index (κ1) is 27.6. The molecule has 0 spiro atoms. The highest BCUT2D eigenvalue weighted by Crippen LogP contribution is 2.27. The maximum Gasteiger partial charge on any atom is 0.233 e. The molecule has 0 unspecified atom stereocenters. The van der Waals surface area contributed by atoms with Crippen molar-refractivity contribution in [3.8, 4) is 5.75 Å². The molecule has 2 aromatic rings. The average molecular weight is 600 g/mol. The SMILES string of the molecule is COc1ccc(Nc2nc(NC3CCCCCC3)nc(N(C)C3CC[N+](C)(C)CC3)n2)cc1F.[I-]. The lowest BCUT2D eigenvalue weighted by Gasteiger charge is -2.40. The maximum atomic E-state index is 14.3. The van der Waals surface area contributed by atoms with Crippen LogP contribution in [0.2, 0.25) is 0 Å². The summed E-state index contributed by atoms with van der Waals surface area (Å²) >= 11 is 0. The van der Waals surface area contributed by atoms with Gasteiger partial charge in [0.1, 0.15) is 0 Å². The third-order valence-corrected chi connectivity index (χ3v) is 7.22. The zero-order valence-corrected chi connectivity index (χ0v) is 23.5. The van der Waals surface area contributed by atoms with E-state index in [9.17, 15) is 4.39 Å². The van der Waals surface area contributed by atoms with Crippen molar-refractivity contribution in [1.82, 2.24) is 15.0 Å². The fourth-order valence-corrected chi connectivity index (χ4v) is 4.93. The van der Waals surface area contributed by atoms with Gasteiger partial charge in [0.2, 0.25) is 17.8 Å². The van der Waals surface area contributed by atoms with Crippen molar-refractivity contribution < 1.29 is 37.6 Å². The molecule has 2 heterocycles. The fraction of sp³-hybridized carbons (Fsp3) is 0.640. The van der Waals surface area contributed by atoms with Crippen LogP contribution in [0.25, 0.3) is 0 Å². The van der Waals surface area contributed by atoms with Gasteiger partial charge in [-0.1, -0.05) is 25.7 Å². The highest BCUT2D eigenvalue weighted by atomic mass is 127. The number of ether oxygens (including phenoxy) is 1. The molecule has 1 aliphatic carbocycles. The van der Waals surface area contributed by atoms with E-state index in [0.29, 0.717) is 35.6 Å². The largest absolute Gasteiger partial charge is 1.00 e. The molecule has 194 valence electrons. The van der Waals surface area contributed by atoms with Gasteiger partial charge in [0.05, 0.1) is 34.3 Å². The molecule has 0 radical (unpaired) electrons. The summed E-state index contributed by atoms with van der Waals surface area (Å²) in [5, 5.41) is 6.73. The van der Waals surface area contributed by atoms with Gasteiger partial charge in [0.15, 0.2) is 11.6 Å². The van der Waals surface area contributed by atoms with Crippen molar-refractivity contribution in [3.63, 3.8) is 0 Å². The summed E-state index contributed by atoms with van der Waals surface area (Å²) in [6.45, 7) is 2.26. The van der Waals surface area contributed by atoms with E-state index in [-0.39, 0.29) is 29.7 Å². The molecule has 0 atom stereocenters. The number of benzene rings is 1. The first-order valence-electron chi connectivity index (χ1n) is 12.5. The van der Waals surface area contributed by atoms with Crippen LogP contribution in [0.1, 0.15) is 51.4 Å². The summed E-state index contributed by atoms with van der Waals surface area (Å²) in [4.78, 5) is 16.4. The van der Waals surface area contributed by atoms with Crippen LogP contribution < -0.4 is 44.2 Å². The molecule has 2 fully saturated rings. The van der Waals surface area contributed by atoms with Crippen LogP contribution in [0.4, 0.5) is 27.9 Å². The van der Waals surface area contributed by atoms with Crippen LogP contribution in [-0.2, 0) is 0 Å². The zero-order valence-electron chi connectivity index (χ0n) is 21.4. The van der Waals surface area contributed by atoms with Crippen molar-refractivity contribution in [2.24, 2.45) is 0 Å². The lowest BCUT2D eigenvalue weighted by Crippen LogP contribution is -3.00. The number of aromatic nitrogens is 3. The van der Waals surface area contributed by atoms with E-state index in [1.54, 1.807) is 12.1 Å². The summed E-state index contributed by atoms with van der Waals surface area (Å²) in [7, 11) is 8.09. The minimum absolute atomic E-state index is 0. The summed E-state index contributed by atoms with van der Waals surface area (Å²) in [5.41, 5.74) is 0.565. The van der Waals surface area contributed by atoms with Crippen LogP contribution in [-0.4, -0.2) is 72.9 Å². The highest BCUT2D eigenvalue weighted by Gasteiger charge is 2.30. The van der Waals surface area contributed by atoms with Crippen molar-refractivity contribution in [2.45, 2.75) is 63.5 Å². The third-order valence-electron chi connectivity index (χ3n) is 7.22. The molecule has 0 amide bonds. The smallest absolute Gasteiger partial charge is 0.233 e. The molecule has 2 N–H and O–H groups in total. The number of likely N-dealkylation sites (tertiary alicyclic amines) is 1. The number of anilines is 4. The molecule has 10 heteroatoms. The Labute approximate surface area is 225 Å². The summed E-state index contributed by atoms with van der Waals surface area (Å²) in [5.74, 6) is 1.39. The van der Waals surface area contributed by atoms with Gasteiger partial charge in [0, 0.05) is 43.7 Å². The molecule has 0 bridgehead atoms. The van der Waals surface area contributed by atoms with Crippen molar-refractivity contribution >= 4 is 23.5 Å². The van der Waals surface area contributed by atoms with Gasteiger partial charge in [-0.3, -0.25) is 0 Å². The summed E-state index contributed by atoms with van der Waals surface area (Å²) in [6.07, 6.45) is 9.45. The Balaban J connectivity index is 0.00000342. The Bertz CT molecular complexity index is 959. The van der Waals surface area contributed by atoms with E-state index in [1.165, 1.54) is 38.9 Å². The van der Waals surface area contributed by atoms with Gasteiger partial charge in [-0.25, -0.2) is 4.39 Å². The molecule has 1 aromatic heterocycles. The predicted octanol–water partition coefficient (Wildman–Crippen LogP) is 1.58. The van der Waals surface area contributed by atoms with Gasteiger partial charge < -0.3 is 48.7 Å². The molecule has 1 saturated heterocycles. The number of rotatable bonds is 7. The Morgan fingerprint density at radius 2 is 1.63 bits per heavy atom. The van der Waals surface area contributed by atoms with Crippen LogP contribution in [0.3, 0.4) is 0 Å². The van der Waals surface area contributed by atoms with Gasteiger partial charge >= 0.3 is 0 Å². The van der Waals surface area contributed by atoms with Crippen LogP contribution in [0.5, 0.6) is 5.75 Å². The van der Waals surface area contributed by atoms with Crippen LogP contribution in [0.15, 0.2) is 18.2 Å². The number of halogens is 2. The number of quaternary nitrogens is 1. The third kappa shape index (κ3) is 7.52. The molecule has 1 saturated carbocycles. The second-order valence-corrected chi connectivity index (χ2v) is 10.3. The molecule has 2 aliphatic rings. The Morgan fingerprint density at radius 1 is 0.971 bits per heavy atom. The number of piperidine rings is 1. The number of nitrogens with zero attached hydrogens (tertiary/aromatic N) is 5. The second kappa shape index (κ2) is 12.3. The summed E-state index contributed by atoms with van der Waals surface area (Å²) in [6, 6.07) is 5.49. The molecule has 35 heavy (non-hydrogen) atoms. The molecule has 1 aromatic carbocycles. The number of methoxy groups -OCH3 is 1. The topological polar surface area (TPSA) is 75.2 Å². The number of hydrogen-bond donors (Lipinski definition) is 2. The Kier molecular flexibility index (Phi) is 9.74. The van der Waals surface area contributed by atoms with E-state index < -0.39 is 5.82 Å². The zero-order chi connectivity index (χ0) is 24.1. The van der Waals surface area contributed by atoms with Gasteiger partial charge in [-0.2, -0.15) is 15.0 Å². The molecular formula is C25H39FIN7O. The van der Waals surface area contributed by atoms with E-state index in [1.807, 2.05) is 0 Å². The molecule has 1 aliphatic heterocycles. The fourth-order valence-electron chi connectivity index (χ4n) is 4.93. The number of hydrogen-bond acceptors (Lipinski definition) is 7. The van der Waals surface area contributed by atoms with Gasteiger partial charge in [-0.15, -0.1) is 0 Å². The average Bonchev–Trinajstić information content (AvgIpc) is 3.07. The molecule has 8 nitrogen and oxygen atoms in total. The lowest BCUT2D eigenvalue weighted by molar-refractivity contribution is -0.895. The first-order chi connectivity index (χ1) is 16.3. The van der Waals surface area contributed by atoms with E-state index in [2.05, 4.69) is 41.7 Å². The van der Waals surface area contributed by atoms with Crippen molar-refractivity contribution in [3.05, 3.63) is 24.0 Å². The van der Waals surface area contributed by atoms with Crippen LogP contribution >= 0.6 is 0 Å². The summed E-state index contributed by atoms with van der Waals surface area (Å²) < 4.78 is 20.3. The first-order valence-corrected chi connectivity index (χ1v) is 12.5. The van der Waals surface area contributed by atoms with Gasteiger partial charge in [-0.05, 0) is 25.0 Å². The minimum atomic E-state index is -0.432. The molecule has 4 rings (SSSR count). The maximum absolute atomic E-state index is 14.3. The lowest BCUT2D eigenvalue weighted by atomic mass is 10.0. The Morgan fingerprint density at radius 3 is 2.26 bits per heavy atom. The van der Waals surface area contributed by atoms with Crippen molar-refractivity contribution in [1.29, 1.82) is 0 Å². The quantitative estimate of drug-likeness (QED) is 0.285. The monoisotopic (exact) mass is 599 g/mol. The minimum Gasteiger partial charge on any atom is -1.00 e. The molecular weight excluding hydrogens is 560 g/mol. The van der Waals surface area contributed by atoms with Crippen molar-refractivity contribution in [2.75, 3.05) is 56.9 Å². The van der Waals surface area contributed by atoms with E-state index >= 15 is 0 Å². The predicted molar refractivity (Wildman–Crippen MR) is 134 cm³/mol. The van der Waals surface area contributed by atoms with Gasteiger partial charge in [0.25, 0.3) is 0 Å². The van der Waals surface area contributed by atoms with Crippen LogP contribution in [0, 0.1) is 5.82 Å². The highest BCUT2D eigenvalue weighted by molar-refractivity contribution is 5.57. The number of nitrogens with one attached hydrogen (secondary N) is 2. The second-order valence-electron chi connectivity index (χ2n) is 10.3. The van der Waals surface area contributed by atoms with E-state index in [4.69, 9.17) is 14.7 Å². The normalized spacial score (nSPS) is 18.8. The van der Waals surface area contributed by atoms with E-state index in [0.717, 1.165) is 43.3 Å².